The zero-order chi connectivity index (χ0) is 9.97. The minimum atomic E-state index is 0.607. The van der Waals surface area contributed by atoms with E-state index >= 15 is 0 Å². The molecule has 3 nitrogen and oxygen atoms in total. The molecule has 0 aliphatic heterocycles. The molecular formula is C10H9ClN2O. The Labute approximate surface area is 86.7 Å². The predicted molar refractivity (Wildman–Crippen MR) is 53.3 cm³/mol. The van der Waals surface area contributed by atoms with Gasteiger partial charge in [0.1, 0.15) is 0 Å². The molecule has 2 rings (SSSR count). The first kappa shape index (κ1) is 9.21. The standard InChI is InChI=1S/C10H9ClN2O/c1-7-2-3-9(11)4-8(7)5-10-13-12-6-14-10/h2-4,6H,5H2,1H3. The summed E-state index contributed by atoms with van der Waals surface area (Å²) in [5.41, 5.74) is 2.29. The molecule has 72 valence electrons. The quantitative estimate of drug-likeness (QED) is 0.762. The lowest BCUT2D eigenvalue weighted by Gasteiger charge is -2.02. The van der Waals surface area contributed by atoms with Crippen molar-refractivity contribution in [3.8, 4) is 0 Å². The van der Waals surface area contributed by atoms with Crippen LogP contribution in [0.25, 0.3) is 0 Å². The van der Waals surface area contributed by atoms with Crippen molar-refractivity contribution in [1.82, 2.24) is 10.2 Å². The molecule has 0 N–H and O–H groups in total. The van der Waals surface area contributed by atoms with Gasteiger partial charge in [0, 0.05) is 5.02 Å². The van der Waals surface area contributed by atoms with Gasteiger partial charge < -0.3 is 4.42 Å². The molecule has 1 aromatic carbocycles. The van der Waals surface area contributed by atoms with Gasteiger partial charge in [0.2, 0.25) is 12.3 Å². The van der Waals surface area contributed by atoms with E-state index in [1.54, 1.807) is 0 Å². The van der Waals surface area contributed by atoms with E-state index < -0.39 is 0 Å². The van der Waals surface area contributed by atoms with Crippen LogP contribution >= 0.6 is 11.6 Å². The van der Waals surface area contributed by atoms with Crippen LogP contribution in [0.5, 0.6) is 0 Å². The van der Waals surface area contributed by atoms with Crippen molar-refractivity contribution in [3.63, 3.8) is 0 Å². The minimum Gasteiger partial charge on any atom is -0.428 e. The average molecular weight is 209 g/mol. The summed E-state index contributed by atoms with van der Waals surface area (Å²) in [7, 11) is 0. The van der Waals surface area contributed by atoms with Gasteiger partial charge in [-0.2, -0.15) is 0 Å². The largest absolute Gasteiger partial charge is 0.428 e. The molecule has 4 heteroatoms. The van der Waals surface area contributed by atoms with Crippen LogP contribution < -0.4 is 0 Å². The second-order valence-electron chi connectivity index (χ2n) is 3.08. The van der Waals surface area contributed by atoms with Crippen LogP contribution in [0, 0.1) is 6.92 Å². The molecule has 0 aliphatic rings. The van der Waals surface area contributed by atoms with E-state index in [9.17, 15) is 0 Å². The van der Waals surface area contributed by atoms with Crippen LogP contribution in [-0.4, -0.2) is 10.2 Å². The molecule has 0 unspecified atom stereocenters. The van der Waals surface area contributed by atoms with E-state index in [1.165, 1.54) is 12.0 Å². The molecule has 0 aliphatic carbocycles. The van der Waals surface area contributed by atoms with E-state index in [1.807, 2.05) is 25.1 Å². The topological polar surface area (TPSA) is 38.9 Å². The maximum absolute atomic E-state index is 5.89. The number of halogens is 1. The monoisotopic (exact) mass is 208 g/mol. The fourth-order valence-corrected chi connectivity index (χ4v) is 1.46. The molecule has 0 saturated heterocycles. The highest BCUT2D eigenvalue weighted by molar-refractivity contribution is 6.30. The minimum absolute atomic E-state index is 0.607. The normalized spacial score (nSPS) is 10.4. The maximum atomic E-state index is 5.89. The van der Waals surface area contributed by atoms with Crippen molar-refractivity contribution in [3.05, 3.63) is 46.6 Å². The number of rotatable bonds is 2. The number of aromatic nitrogens is 2. The zero-order valence-corrected chi connectivity index (χ0v) is 8.45. The number of nitrogens with zero attached hydrogens (tertiary/aromatic N) is 2. The van der Waals surface area contributed by atoms with E-state index in [4.69, 9.17) is 16.0 Å². The highest BCUT2D eigenvalue weighted by Gasteiger charge is 2.04. The van der Waals surface area contributed by atoms with Crippen LogP contribution in [-0.2, 0) is 6.42 Å². The first-order chi connectivity index (χ1) is 6.75. The van der Waals surface area contributed by atoms with Crippen molar-refractivity contribution in [2.45, 2.75) is 13.3 Å². The Morgan fingerprint density at radius 3 is 3.00 bits per heavy atom. The smallest absolute Gasteiger partial charge is 0.220 e. The highest BCUT2D eigenvalue weighted by Crippen LogP contribution is 2.17. The predicted octanol–water partition coefficient (Wildman–Crippen LogP) is 2.62. The summed E-state index contributed by atoms with van der Waals surface area (Å²) in [4.78, 5) is 0. The van der Waals surface area contributed by atoms with Gasteiger partial charge in [0.15, 0.2) is 0 Å². The number of aryl methyl sites for hydroxylation is 1. The van der Waals surface area contributed by atoms with Crippen molar-refractivity contribution in [2.24, 2.45) is 0 Å². The van der Waals surface area contributed by atoms with Gasteiger partial charge in [-0.3, -0.25) is 0 Å². The van der Waals surface area contributed by atoms with Crippen molar-refractivity contribution in [1.29, 1.82) is 0 Å². The molecule has 1 aromatic heterocycles. The summed E-state index contributed by atoms with van der Waals surface area (Å²) in [6, 6.07) is 5.77. The Morgan fingerprint density at radius 1 is 1.43 bits per heavy atom. The van der Waals surface area contributed by atoms with E-state index in [2.05, 4.69) is 10.2 Å². The fraction of sp³-hybridized carbons (Fsp3) is 0.200. The summed E-state index contributed by atoms with van der Waals surface area (Å²) >= 11 is 5.89. The number of hydrogen-bond acceptors (Lipinski definition) is 3. The second kappa shape index (κ2) is 3.80. The number of benzene rings is 1. The maximum Gasteiger partial charge on any atom is 0.220 e. The van der Waals surface area contributed by atoms with E-state index in [0.29, 0.717) is 12.3 Å². The molecule has 0 bridgehead atoms. The van der Waals surface area contributed by atoms with Gasteiger partial charge in [0.25, 0.3) is 0 Å². The summed E-state index contributed by atoms with van der Waals surface area (Å²) in [5.74, 6) is 0.607. The van der Waals surface area contributed by atoms with Crippen LogP contribution in [0.2, 0.25) is 5.02 Å². The first-order valence-corrected chi connectivity index (χ1v) is 4.63. The summed E-state index contributed by atoms with van der Waals surface area (Å²) < 4.78 is 5.07. The van der Waals surface area contributed by atoms with Crippen LogP contribution in [0.1, 0.15) is 17.0 Å². The molecule has 0 saturated carbocycles. The van der Waals surface area contributed by atoms with Crippen LogP contribution in [0.4, 0.5) is 0 Å². The summed E-state index contributed by atoms with van der Waals surface area (Å²) in [6.07, 6.45) is 1.96. The average Bonchev–Trinajstić information content (AvgIpc) is 2.64. The molecule has 0 spiro atoms. The third-order valence-electron chi connectivity index (χ3n) is 2.06. The summed E-state index contributed by atoms with van der Waals surface area (Å²) in [5, 5.41) is 8.17. The molecule has 0 atom stereocenters. The molecule has 14 heavy (non-hydrogen) atoms. The lowest BCUT2D eigenvalue weighted by Crippen LogP contribution is -1.92. The van der Waals surface area contributed by atoms with Crippen LogP contribution in [0.3, 0.4) is 0 Å². The third-order valence-corrected chi connectivity index (χ3v) is 2.29. The Balaban J connectivity index is 2.28. The Hall–Kier alpha value is -1.35. The van der Waals surface area contributed by atoms with Crippen LogP contribution in [0.15, 0.2) is 29.0 Å². The zero-order valence-electron chi connectivity index (χ0n) is 7.70. The Morgan fingerprint density at radius 2 is 2.29 bits per heavy atom. The Kier molecular flexibility index (Phi) is 2.50. The third kappa shape index (κ3) is 1.93. The van der Waals surface area contributed by atoms with Crippen molar-refractivity contribution < 1.29 is 4.42 Å². The Bertz CT molecular complexity index is 426. The van der Waals surface area contributed by atoms with Gasteiger partial charge in [-0.15, -0.1) is 10.2 Å². The number of hydrogen-bond donors (Lipinski definition) is 0. The SMILES string of the molecule is Cc1ccc(Cl)cc1Cc1nnco1. The van der Waals surface area contributed by atoms with E-state index in [-0.39, 0.29) is 0 Å². The highest BCUT2D eigenvalue weighted by atomic mass is 35.5. The molecular weight excluding hydrogens is 200 g/mol. The van der Waals surface area contributed by atoms with Gasteiger partial charge in [-0.1, -0.05) is 17.7 Å². The molecule has 0 fully saturated rings. The molecule has 2 aromatic rings. The van der Waals surface area contributed by atoms with Gasteiger partial charge in [-0.05, 0) is 30.2 Å². The second-order valence-corrected chi connectivity index (χ2v) is 3.52. The first-order valence-electron chi connectivity index (χ1n) is 4.26. The lowest BCUT2D eigenvalue weighted by atomic mass is 10.1. The fourth-order valence-electron chi connectivity index (χ4n) is 1.27. The van der Waals surface area contributed by atoms with Crippen molar-refractivity contribution in [2.75, 3.05) is 0 Å². The van der Waals surface area contributed by atoms with Gasteiger partial charge in [-0.25, -0.2) is 0 Å². The van der Waals surface area contributed by atoms with E-state index in [0.717, 1.165) is 10.6 Å². The van der Waals surface area contributed by atoms with Gasteiger partial charge >= 0.3 is 0 Å². The summed E-state index contributed by atoms with van der Waals surface area (Å²) in [6.45, 7) is 2.03. The molecule has 1 heterocycles. The molecule has 0 amide bonds. The van der Waals surface area contributed by atoms with Gasteiger partial charge in [0.05, 0.1) is 6.42 Å². The molecule has 0 radical (unpaired) electrons. The van der Waals surface area contributed by atoms with Crippen molar-refractivity contribution >= 4 is 11.6 Å². The lowest BCUT2D eigenvalue weighted by molar-refractivity contribution is 0.504.